The summed E-state index contributed by atoms with van der Waals surface area (Å²) in [5, 5.41) is 2.86. The zero-order valence-corrected chi connectivity index (χ0v) is 10.1. The van der Waals surface area contributed by atoms with Gasteiger partial charge in [-0.25, -0.2) is 4.79 Å². The van der Waals surface area contributed by atoms with Crippen LogP contribution in [0.1, 0.15) is 19.4 Å². The van der Waals surface area contributed by atoms with Crippen LogP contribution in [0.3, 0.4) is 0 Å². The number of nitrogens with zero attached hydrogens (tertiary/aromatic N) is 1. The summed E-state index contributed by atoms with van der Waals surface area (Å²) in [6, 6.07) is 5.43. The lowest BCUT2D eigenvalue weighted by molar-refractivity contribution is 0.217. The molecule has 0 radical (unpaired) electrons. The van der Waals surface area contributed by atoms with E-state index in [-0.39, 0.29) is 6.03 Å². The van der Waals surface area contributed by atoms with E-state index < -0.39 is 0 Å². The van der Waals surface area contributed by atoms with E-state index in [9.17, 15) is 4.79 Å². The lowest BCUT2D eigenvalue weighted by Crippen LogP contribution is -2.34. The van der Waals surface area contributed by atoms with Crippen LogP contribution in [0.15, 0.2) is 18.2 Å². The molecule has 16 heavy (non-hydrogen) atoms. The van der Waals surface area contributed by atoms with Crippen LogP contribution in [0.4, 0.5) is 16.2 Å². The fourth-order valence-electron chi connectivity index (χ4n) is 1.49. The van der Waals surface area contributed by atoms with Crippen LogP contribution >= 0.6 is 0 Å². The Morgan fingerprint density at radius 1 is 1.38 bits per heavy atom. The van der Waals surface area contributed by atoms with Gasteiger partial charge in [-0.2, -0.15) is 0 Å². The third-order valence-electron chi connectivity index (χ3n) is 2.67. The summed E-state index contributed by atoms with van der Waals surface area (Å²) >= 11 is 0. The Balaban J connectivity index is 2.80. The predicted molar refractivity (Wildman–Crippen MR) is 67.5 cm³/mol. The van der Waals surface area contributed by atoms with Gasteiger partial charge in [-0.1, -0.05) is 6.07 Å². The molecule has 0 saturated heterocycles. The lowest BCUT2D eigenvalue weighted by Gasteiger charge is -2.20. The Bertz CT molecular complexity index is 373. The highest BCUT2D eigenvalue weighted by molar-refractivity contribution is 5.91. The average molecular weight is 221 g/mol. The Morgan fingerprint density at radius 3 is 2.56 bits per heavy atom. The summed E-state index contributed by atoms with van der Waals surface area (Å²) in [4.78, 5) is 13.5. The van der Waals surface area contributed by atoms with Crippen molar-refractivity contribution in [1.29, 1.82) is 0 Å². The molecule has 0 aliphatic rings. The highest BCUT2D eigenvalue weighted by Gasteiger charge is 2.10. The van der Waals surface area contributed by atoms with E-state index in [0.29, 0.717) is 18.8 Å². The van der Waals surface area contributed by atoms with Crippen LogP contribution in [-0.4, -0.2) is 24.0 Å². The number of nitrogens with two attached hydrogens (primary N) is 1. The molecule has 0 aliphatic carbocycles. The van der Waals surface area contributed by atoms with E-state index in [1.165, 1.54) is 0 Å². The molecule has 0 fully saturated rings. The van der Waals surface area contributed by atoms with Crippen molar-refractivity contribution in [3.05, 3.63) is 23.8 Å². The van der Waals surface area contributed by atoms with E-state index in [4.69, 9.17) is 5.73 Å². The van der Waals surface area contributed by atoms with Crippen LogP contribution in [0, 0.1) is 6.92 Å². The molecule has 1 rings (SSSR count). The number of urea groups is 1. The van der Waals surface area contributed by atoms with Crippen LogP contribution in [0.2, 0.25) is 0 Å². The Kier molecular flexibility index (Phi) is 4.17. The third kappa shape index (κ3) is 2.66. The zero-order chi connectivity index (χ0) is 12.1. The molecule has 1 aromatic carbocycles. The maximum absolute atomic E-state index is 11.8. The summed E-state index contributed by atoms with van der Waals surface area (Å²) in [5.74, 6) is 0. The van der Waals surface area contributed by atoms with Crippen molar-refractivity contribution in [2.75, 3.05) is 24.1 Å². The second-order valence-electron chi connectivity index (χ2n) is 3.62. The summed E-state index contributed by atoms with van der Waals surface area (Å²) < 4.78 is 0. The molecule has 0 spiro atoms. The van der Waals surface area contributed by atoms with Gasteiger partial charge in [0.2, 0.25) is 0 Å². The summed E-state index contributed by atoms with van der Waals surface area (Å²) in [7, 11) is 0. The molecular weight excluding hydrogens is 202 g/mol. The van der Waals surface area contributed by atoms with Gasteiger partial charge in [0.15, 0.2) is 0 Å². The number of anilines is 2. The summed E-state index contributed by atoms with van der Waals surface area (Å²) in [5.41, 5.74) is 8.15. The van der Waals surface area contributed by atoms with Crippen LogP contribution in [0.25, 0.3) is 0 Å². The van der Waals surface area contributed by atoms with Gasteiger partial charge in [0.1, 0.15) is 0 Å². The first kappa shape index (κ1) is 12.4. The van der Waals surface area contributed by atoms with Gasteiger partial charge in [0.05, 0.1) is 0 Å². The monoisotopic (exact) mass is 221 g/mol. The molecule has 0 saturated carbocycles. The number of carbonyl (C=O) groups is 1. The first-order chi connectivity index (χ1) is 7.60. The lowest BCUT2D eigenvalue weighted by atomic mass is 10.1. The number of amides is 2. The Labute approximate surface area is 96.4 Å². The van der Waals surface area contributed by atoms with Gasteiger partial charge < -0.3 is 16.0 Å². The van der Waals surface area contributed by atoms with E-state index in [2.05, 4.69) is 5.32 Å². The summed E-state index contributed by atoms with van der Waals surface area (Å²) in [6.45, 7) is 7.20. The molecule has 1 aromatic rings. The van der Waals surface area contributed by atoms with Crippen molar-refractivity contribution in [2.24, 2.45) is 0 Å². The van der Waals surface area contributed by atoms with Gasteiger partial charge in [0, 0.05) is 24.5 Å². The fraction of sp³-hybridized carbons (Fsp3) is 0.417. The number of nitrogen functional groups attached to an aromatic ring is 1. The average Bonchev–Trinajstić information content (AvgIpc) is 2.26. The van der Waals surface area contributed by atoms with E-state index in [1.807, 2.05) is 39.0 Å². The molecule has 0 bridgehead atoms. The van der Waals surface area contributed by atoms with Crippen molar-refractivity contribution in [3.8, 4) is 0 Å². The maximum Gasteiger partial charge on any atom is 0.321 e. The highest BCUT2D eigenvalue weighted by atomic mass is 16.2. The number of rotatable bonds is 3. The number of hydrogen-bond donors (Lipinski definition) is 2. The molecule has 0 aliphatic heterocycles. The standard InChI is InChI=1S/C12H19N3O/c1-4-15(5-2)12(16)14-11-8-6-7-10(13)9(11)3/h6-8H,4-5,13H2,1-3H3,(H,14,16). The van der Waals surface area contributed by atoms with Gasteiger partial charge in [-0.05, 0) is 38.5 Å². The fourth-order valence-corrected chi connectivity index (χ4v) is 1.49. The normalized spacial score (nSPS) is 9.94. The molecule has 3 N–H and O–H groups in total. The largest absolute Gasteiger partial charge is 0.398 e. The molecule has 4 nitrogen and oxygen atoms in total. The quantitative estimate of drug-likeness (QED) is 0.770. The van der Waals surface area contributed by atoms with Gasteiger partial charge in [-0.3, -0.25) is 0 Å². The molecule has 0 atom stereocenters. The molecule has 0 aromatic heterocycles. The molecule has 88 valence electrons. The van der Waals surface area contributed by atoms with E-state index in [1.54, 1.807) is 4.90 Å². The third-order valence-corrected chi connectivity index (χ3v) is 2.67. The van der Waals surface area contributed by atoms with Gasteiger partial charge in [-0.15, -0.1) is 0 Å². The number of hydrogen-bond acceptors (Lipinski definition) is 2. The minimum Gasteiger partial charge on any atom is -0.398 e. The second-order valence-corrected chi connectivity index (χ2v) is 3.62. The zero-order valence-electron chi connectivity index (χ0n) is 10.1. The predicted octanol–water partition coefficient (Wildman–Crippen LogP) is 2.45. The molecule has 2 amide bonds. The van der Waals surface area contributed by atoms with Gasteiger partial charge in [0.25, 0.3) is 0 Å². The Morgan fingerprint density at radius 2 is 2.00 bits per heavy atom. The number of carbonyl (C=O) groups excluding carboxylic acids is 1. The SMILES string of the molecule is CCN(CC)C(=O)Nc1cccc(N)c1C. The molecular formula is C12H19N3O. The van der Waals surface area contributed by atoms with Crippen LogP contribution in [-0.2, 0) is 0 Å². The van der Waals surface area contributed by atoms with Crippen molar-refractivity contribution >= 4 is 17.4 Å². The topological polar surface area (TPSA) is 58.4 Å². The summed E-state index contributed by atoms with van der Waals surface area (Å²) in [6.07, 6.45) is 0. The van der Waals surface area contributed by atoms with Crippen LogP contribution < -0.4 is 11.1 Å². The second kappa shape index (κ2) is 5.39. The Hall–Kier alpha value is -1.71. The van der Waals surface area contributed by atoms with Crippen molar-refractivity contribution in [2.45, 2.75) is 20.8 Å². The van der Waals surface area contributed by atoms with Crippen molar-refractivity contribution in [1.82, 2.24) is 4.90 Å². The minimum atomic E-state index is -0.0845. The van der Waals surface area contributed by atoms with Gasteiger partial charge >= 0.3 is 6.03 Å². The van der Waals surface area contributed by atoms with Crippen LogP contribution in [0.5, 0.6) is 0 Å². The van der Waals surface area contributed by atoms with Crippen molar-refractivity contribution in [3.63, 3.8) is 0 Å². The smallest absolute Gasteiger partial charge is 0.321 e. The first-order valence-corrected chi connectivity index (χ1v) is 5.51. The highest BCUT2D eigenvalue weighted by Crippen LogP contribution is 2.20. The molecule has 0 unspecified atom stereocenters. The van der Waals surface area contributed by atoms with E-state index >= 15 is 0 Å². The molecule has 4 heteroatoms. The maximum atomic E-state index is 11.8. The van der Waals surface area contributed by atoms with E-state index in [0.717, 1.165) is 11.3 Å². The number of benzene rings is 1. The number of nitrogens with one attached hydrogen (secondary N) is 1. The van der Waals surface area contributed by atoms with Crippen molar-refractivity contribution < 1.29 is 4.79 Å². The molecule has 0 heterocycles. The first-order valence-electron chi connectivity index (χ1n) is 5.51. The minimum absolute atomic E-state index is 0.0845.